The van der Waals surface area contributed by atoms with Gasteiger partial charge in [-0.2, -0.15) is 0 Å². The lowest BCUT2D eigenvalue weighted by molar-refractivity contribution is -0.123. The number of nitrogens with one attached hydrogen (secondary N) is 1. The molecule has 4 nitrogen and oxygen atoms in total. The van der Waals surface area contributed by atoms with Gasteiger partial charge in [0.15, 0.2) is 0 Å². The Kier molecular flexibility index (Phi) is 7.93. The largest absolute Gasteiger partial charge is 0.347 e. The zero-order valence-electron chi connectivity index (χ0n) is 17.1. The Balaban J connectivity index is 1.72. The van der Waals surface area contributed by atoms with Crippen LogP contribution in [0.1, 0.15) is 50.4 Å². The number of hydrogen-bond acceptors (Lipinski definition) is 3. The van der Waals surface area contributed by atoms with Gasteiger partial charge in [0.25, 0.3) is 0 Å². The summed E-state index contributed by atoms with van der Waals surface area (Å²) < 4.78 is 0. The van der Waals surface area contributed by atoms with Crippen LogP contribution in [0.4, 0.5) is 0 Å². The number of carbonyl (C=O) groups excluding carboxylic acids is 1. The molecule has 156 valence electrons. The summed E-state index contributed by atoms with van der Waals surface area (Å²) in [5.74, 6) is 0.742. The van der Waals surface area contributed by atoms with Crippen LogP contribution in [0, 0.1) is 11.8 Å². The molecule has 2 aromatic rings. The lowest BCUT2D eigenvalue weighted by atomic mass is 9.88. The molecule has 0 saturated carbocycles. The summed E-state index contributed by atoms with van der Waals surface area (Å²) in [6.45, 7) is 6.89. The van der Waals surface area contributed by atoms with Crippen molar-refractivity contribution in [1.82, 2.24) is 15.2 Å². The number of halogens is 2. The zero-order valence-corrected chi connectivity index (χ0v) is 18.6. The first-order valence-corrected chi connectivity index (χ1v) is 11.0. The van der Waals surface area contributed by atoms with E-state index in [1.54, 1.807) is 6.20 Å². The molecule has 0 bridgehead atoms. The molecule has 1 saturated heterocycles. The summed E-state index contributed by atoms with van der Waals surface area (Å²) in [6, 6.07) is 11.7. The van der Waals surface area contributed by atoms with E-state index >= 15 is 0 Å². The fraction of sp³-hybridized carbons (Fsp3) is 0.478. The molecule has 1 N–H and O–H groups in total. The first kappa shape index (κ1) is 22.1. The normalized spacial score (nSPS) is 18.6. The first-order chi connectivity index (χ1) is 13.9. The summed E-state index contributed by atoms with van der Waals surface area (Å²) in [5, 5.41) is 4.44. The monoisotopic (exact) mass is 433 g/mol. The third-order valence-corrected chi connectivity index (χ3v) is 6.06. The van der Waals surface area contributed by atoms with Crippen LogP contribution in [0.15, 0.2) is 42.6 Å². The smallest absolute Gasteiger partial charge is 0.220 e. The molecule has 1 aliphatic heterocycles. The van der Waals surface area contributed by atoms with Crippen LogP contribution in [-0.2, 0) is 11.3 Å². The Morgan fingerprint density at radius 2 is 2.07 bits per heavy atom. The molecule has 3 rings (SSSR count). The SMILES string of the molecule is CC(C)CC(=O)N[C@@H](c1ccccn1)[C@H]1CCCN(Cc2ccc(Cl)c(Cl)c2)C1. The number of carbonyl (C=O) groups is 1. The molecule has 2 heterocycles. The third-order valence-electron chi connectivity index (χ3n) is 5.32. The second kappa shape index (κ2) is 10.4. The van der Waals surface area contributed by atoms with Crippen molar-refractivity contribution in [2.24, 2.45) is 11.8 Å². The quantitative estimate of drug-likeness (QED) is 0.626. The van der Waals surface area contributed by atoms with E-state index in [1.807, 2.05) is 36.4 Å². The van der Waals surface area contributed by atoms with Crippen LogP contribution in [0.25, 0.3) is 0 Å². The van der Waals surface area contributed by atoms with Crippen LogP contribution in [0.3, 0.4) is 0 Å². The standard InChI is InChI=1S/C23H29Cl2N3O/c1-16(2)12-22(29)27-23(21-7-3-4-10-26-21)18-6-5-11-28(15-18)14-17-8-9-19(24)20(25)13-17/h3-4,7-10,13,16,18,23H,5-6,11-12,14-15H2,1-2H3,(H,27,29)/t18-,23+/m0/s1. The van der Waals surface area contributed by atoms with Gasteiger partial charge in [-0.3, -0.25) is 14.7 Å². The molecule has 29 heavy (non-hydrogen) atoms. The topological polar surface area (TPSA) is 45.2 Å². The molecular weight excluding hydrogens is 405 g/mol. The predicted octanol–water partition coefficient (Wildman–Crippen LogP) is 5.50. The highest BCUT2D eigenvalue weighted by Gasteiger charge is 2.30. The summed E-state index contributed by atoms with van der Waals surface area (Å²) in [5.41, 5.74) is 2.09. The second-order valence-corrected chi connectivity index (χ2v) is 9.10. The number of pyridine rings is 1. The van der Waals surface area contributed by atoms with Gasteiger partial charge < -0.3 is 5.32 Å². The van der Waals surface area contributed by atoms with Gasteiger partial charge in [-0.25, -0.2) is 0 Å². The van der Waals surface area contributed by atoms with Crippen molar-refractivity contribution in [3.63, 3.8) is 0 Å². The van der Waals surface area contributed by atoms with Gasteiger partial charge in [0.2, 0.25) is 5.91 Å². The van der Waals surface area contributed by atoms with Crippen molar-refractivity contribution in [3.8, 4) is 0 Å². The van der Waals surface area contributed by atoms with E-state index in [1.165, 1.54) is 0 Å². The summed E-state index contributed by atoms with van der Waals surface area (Å²) in [7, 11) is 0. The Morgan fingerprint density at radius 1 is 1.24 bits per heavy atom. The molecule has 0 radical (unpaired) electrons. The molecule has 6 heteroatoms. The number of piperidine rings is 1. The maximum Gasteiger partial charge on any atom is 0.220 e. The van der Waals surface area contributed by atoms with Crippen LogP contribution >= 0.6 is 23.2 Å². The lowest BCUT2D eigenvalue weighted by Gasteiger charge is -2.37. The maximum atomic E-state index is 12.5. The average molecular weight is 434 g/mol. The van der Waals surface area contributed by atoms with Gasteiger partial charge in [0.05, 0.1) is 21.8 Å². The van der Waals surface area contributed by atoms with Crippen molar-refractivity contribution < 1.29 is 4.79 Å². The highest BCUT2D eigenvalue weighted by molar-refractivity contribution is 6.42. The van der Waals surface area contributed by atoms with Crippen molar-refractivity contribution in [3.05, 3.63) is 63.9 Å². The Morgan fingerprint density at radius 3 is 2.76 bits per heavy atom. The third kappa shape index (κ3) is 6.43. The molecule has 1 aromatic carbocycles. The average Bonchev–Trinajstić information content (AvgIpc) is 2.69. The second-order valence-electron chi connectivity index (χ2n) is 8.28. The van der Waals surface area contributed by atoms with Crippen LogP contribution in [0.5, 0.6) is 0 Å². The number of aromatic nitrogens is 1. The lowest BCUT2D eigenvalue weighted by Crippen LogP contribution is -2.43. The van der Waals surface area contributed by atoms with Gasteiger partial charge in [0.1, 0.15) is 0 Å². The molecule has 1 amide bonds. The van der Waals surface area contributed by atoms with E-state index in [0.29, 0.717) is 28.3 Å². The van der Waals surface area contributed by atoms with E-state index in [-0.39, 0.29) is 11.9 Å². The highest BCUT2D eigenvalue weighted by Crippen LogP contribution is 2.31. The number of benzene rings is 1. The summed E-state index contributed by atoms with van der Waals surface area (Å²) in [4.78, 5) is 19.5. The number of hydrogen-bond donors (Lipinski definition) is 1. The van der Waals surface area contributed by atoms with Crippen molar-refractivity contribution in [2.45, 2.75) is 45.7 Å². The van der Waals surface area contributed by atoms with Crippen molar-refractivity contribution >= 4 is 29.1 Å². The molecular formula is C23H29Cl2N3O. The van der Waals surface area contributed by atoms with E-state index < -0.39 is 0 Å². The molecule has 1 fully saturated rings. The van der Waals surface area contributed by atoms with Gasteiger partial charge in [-0.1, -0.05) is 49.2 Å². The molecule has 0 spiro atoms. The van der Waals surface area contributed by atoms with E-state index in [2.05, 4.69) is 29.0 Å². The number of amides is 1. The fourth-order valence-electron chi connectivity index (χ4n) is 4.00. The molecule has 1 aromatic heterocycles. The molecule has 0 aliphatic carbocycles. The molecule has 1 aliphatic rings. The molecule has 0 unspecified atom stereocenters. The fourth-order valence-corrected chi connectivity index (χ4v) is 4.32. The van der Waals surface area contributed by atoms with Crippen LogP contribution in [-0.4, -0.2) is 28.9 Å². The van der Waals surface area contributed by atoms with Gasteiger partial charge >= 0.3 is 0 Å². The minimum absolute atomic E-state index is 0.0703. The van der Waals surface area contributed by atoms with Crippen LogP contribution in [0.2, 0.25) is 10.0 Å². The van der Waals surface area contributed by atoms with Gasteiger partial charge in [-0.05, 0) is 61.1 Å². The number of likely N-dealkylation sites (tertiary alicyclic amines) is 1. The predicted molar refractivity (Wildman–Crippen MR) is 119 cm³/mol. The molecule has 2 atom stereocenters. The minimum atomic E-state index is -0.0703. The maximum absolute atomic E-state index is 12.5. The summed E-state index contributed by atoms with van der Waals surface area (Å²) >= 11 is 12.2. The summed E-state index contributed by atoms with van der Waals surface area (Å²) in [6.07, 6.45) is 4.49. The minimum Gasteiger partial charge on any atom is -0.347 e. The van der Waals surface area contributed by atoms with E-state index in [4.69, 9.17) is 23.2 Å². The van der Waals surface area contributed by atoms with Crippen molar-refractivity contribution in [1.29, 1.82) is 0 Å². The Labute approximate surface area is 183 Å². The Hall–Kier alpha value is -1.62. The van der Waals surface area contributed by atoms with E-state index in [9.17, 15) is 4.79 Å². The van der Waals surface area contributed by atoms with E-state index in [0.717, 1.165) is 43.7 Å². The van der Waals surface area contributed by atoms with Gasteiger partial charge in [-0.15, -0.1) is 0 Å². The zero-order chi connectivity index (χ0) is 20.8. The van der Waals surface area contributed by atoms with Crippen LogP contribution < -0.4 is 5.32 Å². The van der Waals surface area contributed by atoms with Gasteiger partial charge in [0, 0.05) is 25.7 Å². The first-order valence-electron chi connectivity index (χ1n) is 10.3. The van der Waals surface area contributed by atoms with Crippen molar-refractivity contribution in [2.75, 3.05) is 13.1 Å². The Bertz CT molecular complexity index is 813. The highest BCUT2D eigenvalue weighted by atomic mass is 35.5. The number of rotatable bonds is 7. The number of nitrogens with zero attached hydrogens (tertiary/aromatic N) is 2.